The van der Waals surface area contributed by atoms with Crippen molar-refractivity contribution in [1.29, 1.82) is 0 Å². The normalized spacial score (nSPS) is 17.9. The quantitative estimate of drug-likeness (QED) is 0.844. The molecular weight excluding hydrogens is 308 g/mol. The van der Waals surface area contributed by atoms with E-state index >= 15 is 0 Å². The number of aromatic nitrogens is 2. The van der Waals surface area contributed by atoms with Crippen LogP contribution in [-0.4, -0.2) is 15.3 Å². The van der Waals surface area contributed by atoms with Crippen molar-refractivity contribution >= 4 is 27.7 Å². The fourth-order valence-electron chi connectivity index (χ4n) is 2.46. The molecule has 1 heterocycles. The van der Waals surface area contributed by atoms with Crippen LogP contribution in [0.25, 0.3) is 0 Å². The molecule has 1 aromatic heterocycles. The van der Waals surface area contributed by atoms with Crippen molar-refractivity contribution in [3.63, 3.8) is 0 Å². The van der Waals surface area contributed by atoms with Gasteiger partial charge in [0.05, 0.1) is 6.33 Å². The number of hydrogen-bond acceptors (Lipinski definition) is 2. The van der Waals surface area contributed by atoms with E-state index in [1.165, 1.54) is 28.4 Å². The summed E-state index contributed by atoms with van der Waals surface area (Å²) in [6, 6.07) is 6.58. The van der Waals surface area contributed by atoms with Crippen molar-refractivity contribution < 1.29 is 0 Å². The molecule has 1 aliphatic rings. The Kier molecular flexibility index (Phi) is 3.75. The second-order valence-electron chi connectivity index (χ2n) is 4.51. The summed E-state index contributed by atoms with van der Waals surface area (Å²) in [6.45, 7) is 1.05. The zero-order chi connectivity index (χ0) is 12.4. The van der Waals surface area contributed by atoms with E-state index in [2.05, 4.69) is 55.4 Å². The molecule has 0 N–H and O–H groups in total. The van der Waals surface area contributed by atoms with Gasteiger partial charge in [0.1, 0.15) is 0 Å². The van der Waals surface area contributed by atoms with Crippen LogP contribution in [-0.2, 0) is 13.0 Å². The second kappa shape index (κ2) is 5.49. The monoisotopic (exact) mass is 322 g/mol. The van der Waals surface area contributed by atoms with E-state index < -0.39 is 0 Å². The van der Waals surface area contributed by atoms with E-state index in [1.807, 2.05) is 18.7 Å². The lowest BCUT2D eigenvalue weighted by molar-refractivity contribution is 0.766. The van der Waals surface area contributed by atoms with Gasteiger partial charge in [-0.2, -0.15) is 11.8 Å². The van der Waals surface area contributed by atoms with Gasteiger partial charge in [0.15, 0.2) is 0 Å². The first-order chi connectivity index (χ1) is 8.84. The average Bonchev–Trinajstić information content (AvgIpc) is 3.00. The van der Waals surface area contributed by atoms with Crippen LogP contribution in [0, 0.1) is 0 Å². The van der Waals surface area contributed by atoms with Gasteiger partial charge in [-0.25, -0.2) is 4.98 Å². The molecule has 0 radical (unpaired) electrons. The van der Waals surface area contributed by atoms with E-state index in [1.54, 1.807) is 0 Å². The Balaban J connectivity index is 1.61. The Bertz CT molecular complexity index is 525. The van der Waals surface area contributed by atoms with Crippen LogP contribution in [0.4, 0.5) is 0 Å². The van der Waals surface area contributed by atoms with Crippen molar-refractivity contribution in [3.8, 4) is 0 Å². The molecule has 2 aromatic rings. The topological polar surface area (TPSA) is 17.8 Å². The first kappa shape index (κ1) is 12.3. The highest BCUT2D eigenvalue weighted by Crippen LogP contribution is 2.43. The van der Waals surface area contributed by atoms with Crippen molar-refractivity contribution in [3.05, 3.63) is 52.5 Å². The lowest BCUT2D eigenvalue weighted by atomic mass is 10.1. The standard InChI is InChI=1S/C14H15BrN2S/c15-13-3-1-2-12-11(13)4-5-14(12)18-9-8-17-7-6-16-10-17/h1-3,6-7,10,14H,4-5,8-9H2. The SMILES string of the molecule is Brc1cccc2c1CCC2SCCn1ccnc1. The highest BCUT2D eigenvalue weighted by atomic mass is 79.9. The summed E-state index contributed by atoms with van der Waals surface area (Å²) >= 11 is 5.72. The summed E-state index contributed by atoms with van der Waals surface area (Å²) in [7, 11) is 0. The molecule has 0 aliphatic heterocycles. The summed E-state index contributed by atoms with van der Waals surface area (Å²) in [5, 5.41) is 0.668. The van der Waals surface area contributed by atoms with Gasteiger partial charge in [0.25, 0.3) is 0 Å². The summed E-state index contributed by atoms with van der Waals surface area (Å²) in [5.41, 5.74) is 3.04. The van der Waals surface area contributed by atoms with Crippen LogP contribution in [0.1, 0.15) is 22.8 Å². The molecule has 0 amide bonds. The van der Waals surface area contributed by atoms with E-state index in [4.69, 9.17) is 0 Å². The molecule has 1 unspecified atom stereocenters. The van der Waals surface area contributed by atoms with Crippen LogP contribution < -0.4 is 0 Å². The van der Waals surface area contributed by atoms with Crippen LogP contribution in [0.5, 0.6) is 0 Å². The van der Waals surface area contributed by atoms with Gasteiger partial charge >= 0.3 is 0 Å². The number of imidazole rings is 1. The predicted molar refractivity (Wildman–Crippen MR) is 79.9 cm³/mol. The summed E-state index contributed by atoms with van der Waals surface area (Å²) in [4.78, 5) is 4.07. The summed E-state index contributed by atoms with van der Waals surface area (Å²) < 4.78 is 3.42. The maximum absolute atomic E-state index is 4.07. The number of fused-ring (bicyclic) bond motifs is 1. The smallest absolute Gasteiger partial charge is 0.0946 e. The third-order valence-corrected chi connectivity index (χ3v) is 5.44. The van der Waals surface area contributed by atoms with Crippen LogP contribution in [0.2, 0.25) is 0 Å². The first-order valence-electron chi connectivity index (χ1n) is 6.19. The Morgan fingerprint density at radius 3 is 3.22 bits per heavy atom. The zero-order valence-corrected chi connectivity index (χ0v) is 12.5. The molecule has 1 aromatic carbocycles. The minimum atomic E-state index is 0.668. The molecule has 4 heteroatoms. The fourth-order valence-corrected chi connectivity index (χ4v) is 4.33. The largest absolute Gasteiger partial charge is 0.337 e. The molecule has 3 rings (SSSR count). The molecule has 1 aliphatic carbocycles. The molecule has 0 bridgehead atoms. The molecule has 0 spiro atoms. The van der Waals surface area contributed by atoms with E-state index in [-0.39, 0.29) is 0 Å². The molecule has 0 saturated carbocycles. The lowest BCUT2D eigenvalue weighted by Crippen LogP contribution is -1.99. The van der Waals surface area contributed by atoms with Crippen molar-refractivity contribution in [2.45, 2.75) is 24.6 Å². The third-order valence-electron chi connectivity index (χ3n) is 3.39. The van der Waals surface area contributed by atoms with Gasteiger partial charge in [-0.3, -0.25) is 0 Å². The Labute approximate surface area is 120 Å². The number of rotatable bonds is 4. The molecule has 0 fully saturated rings. The average molecular weight is 323 g/mol. The predicted octanol–water partition coefficient (Wildman–Crippen LogP) is 4.07. The fraction of sp³-hybridized carbons (Fsp3) is 0.357. The van der Waals surface area contributed by atoms with Gasteiger partial charge in [0.2, 0.25) is 0 Å². The van der Waals surface area contributed by atoms with Gasteiger partial charge in [-0.1, -0.05) is 28.1 Å². The summed E-state index contributed by atoms with van der Waals surface area (Å²) in [6.07, 6.45) is 8.23. The van der Waals surface area contributed by atoms with E-state index in [0.29, 0.717) is 5.25 Å². The van der Waals surface area contributed by atoms with Gasteiger partial charge in [-0.15, -0.1) is 0 Å². The highest BCUT2D eigenvalue weighted by molar-refractivity contribution is 9.10. The van der Waals surface area contributed by atoms with Crippen LogP contribution >= 0.6 is 27.7 Å². The van der Waals surface area contributed by atoms with Gasteiger partial charge < -0.3 is 4.57 Å². The Morgan fingerprint density at radius 2 is 2.39 bits per heavy atom. The number of hydrogen-bond donors (Lipinski definition) is 0. The zero-order valence-electron chi connectivity index (χ0n) is 10.1. The molecular formula is C14H15BrN2S. The second-order valence-corrected chi connectivity index (χ2v) is 6.67. The maximum Gasteiger partial charge on any atom is 0.0946 e. The Hall–Kier alpha value is -0.740. The highest BCUT2D eigenvalue weighted by Gasteiger charge is 2.23. The van der Waals surface area contributed by atoms with Crippen LogP contribution in [0.3, 0.4) is 0 Å². The van der Waals surface area contributed by atoms with E-state index in [0.717, 1.165) is 12.3 Å². The van der Waals surface area contributed by atoms with Crippen molar-refractivity contribution in [1.82, 2.24) is 9.55 Å². The van der Waals surface area contributed by atoms with Crippen LogP contribution in [0.15, 0.2) is 41.4 Å². The summed E-state index contributed by atoms with van der Waals surface area (Å²) in [5.74, 6) is 1.15. The minimum Gasteiger partial charge on any atom is -0.337 e. The molecule has 94 valence electrons. The Morgan fingerprint density at radius 1 is 1.44 bits per heavy atom. The molecule has 1 atom stereocenters. The number of nitrogens with zero attached hydrogens (tertiary/aromatic N) is 2. The molecule has 18 heavy (non-hydrogen) atoms. The number of benzene rings is 1. The number of halogens is 1. The van der Waals surface area contributed by atoms with Crippen molar-refractivity contribution in [2.24, 2.45) is 0 Å². The first-order valence-corrected chi connectivity index (χ1v) is 8.03. The van der Waals surface area contributed by atoms with Gasteiger partial charge in [-0.05, 0) is 30.0 Å². The number of aryl methyl sites for hydroxylation is 1. The molecule has 2 nitrogen and oxygen atoms in total. The van der Waals surface area contributed by atoms with Crippen molar-refractivity contribution in [2.75, 3.05) is 5.75 Å². The molecule has 0 saturated heterocycles. The number of thioether (sulfide) groups is 1. The van der Waals surface area contributed by atoms with E-state index in [9.17, 15) is 0 Å². The minimum absolute atomic E-state index is 0.668. The van der Waals surface area contributed by atoms with Gasteiger partial charge in [0, 0.05) is 34.4 Å². The lowest BCUT2D eigenvalue weighted by Gasteiger charge is -2.11. The third kappa shape index (κ3) is 2.50. The maximum atomic E-state index is 4.07.